The molecule has 2 heterocycles. The summed E-state index contributed by atoms with van der Waals surface area (Å²) < 4.78 is 0. The Hall–Kier alpha value is -0.450. The third-order valence-electron chi connectivity index (χ3n) is 3.16. The van der Waals surface area contributed by atoms with E-state index >= 15 is 0 Å². The van der Waals surface area contributed by atoms with Gasteiger partial charge in [-0.3, -0.25) is 0 Å². The summed E-state index contributed by atoms with van der Waals surface area (Å²) in [5, 5.41) is 4.72. The van der Waals surface area contributed by atoms with Crippen LogP contribution in [0.15, 0.2) is 0 Å². The maximum absolute atomic E-state index is 5.53. The minimum atomic E-state index is 0.636. The fourth-order valence-electron chi connectivity index (χ4n) is 2.29. The number of aromatic nitrogens is 1. The summed E-state index contributed by atoms with van der Waals surface area (Å²) in [6, 6.07) is 0. The highest BCUT2D eigenvalue weighted by atomic mass is 32.1. The van der Waals surface area contributed by atoms with Crippen LogP contribution < -0.4 is 11.1 Å². The van der Waals surface area contributed by atoms with E-state index in [1.54, 1.807) is 0 Å². The Balaban J connectivity index is 2.04. The number of rotatable bonds is 4. The minimum absolute atomic E-state index is 0.636. The Morgan fingerprint density at radius 3 is 3.12 bits per heavy atom. The first-order chi connectivity index (χ1) is 7.81. The maximum atomic E-state index is 5.53. The Bertz CT molecular complexity index is 329. The van der Waals surface area contributed by atoms with Gasteiger partial charge in [0.1, 0.15) is 0 Å². The van der Waals surface area contributed by atoms with Gasteiger partial charge in [0.25, 0.3) is 0 Å². The average molecular weight is 239 g/mol. The summed E-state index contributed by atoms with van der Waals surface area (Å²) in [6.07, 6.45) is 4.66. The van der Waals surface area contributed by atoms with E-state index in [9.17, 15) is 0 Å². The average Bonchev–Trinajstić information content (AvgIpc) is 2.69. The highest BCUT2D eigenvalue weighted by Gasteiger charge is 2.20. The van der Waals surface area contributed by atoms with Gasteiger partial charge in [0, 0.05) is 23.8 Å². The third kappa shape index (κ3) is 2.81. The molecule has 0 aromatic carbocycles. The third-order valence-corrected chi connectivity index (χ3v) is 4.20. The first-order valence-corrected chi connectivity index (χ1v) is 7.00. The Morgan fingerprint density at radius 2 is 2.44 bits per heavy atom. The van der Waals surface area contributed by atoms with E-state index in [1.165, 1.54) is 35.0 Å². The van der Waals surface area contributed by atoms with E-state index in [4.69, 9.17) is 10.7 Å². The van der Waals surface area contributed by atoms with E-state index in [1.807, 2.05) is 11.3 Å². The second kappa shape index (κ2) is 5.75. The van der Waals surface area contributed by atoms with Crippen LogP contribution in [0.5, 0.6) is 0 Å². The molecule has 1 unspecified atom stereocenters. The summed E-state index contributed by atoms with van der Waals surface area (Å²) in [5.41, 5.74) is 6.87. The normalized spacial score (nSPS) is 21.2. The van der Waals surface area contributed by atoms with Crippen molar-refractivity contribution in [2.45, 2.75) is 38.5 Å². The van der Waals surface area contributed by atoms with Crippen molar-refractivity contribution in [2.24, 2.45) is 5.73 Å². The van der Waals surface area contributed by atoms with E-state index < -0.39 is 0 Å². The molecule has 1 atom stereocenters. The summed E-state index contributed by atoms with van der Waals surface area (Å²) >= 11 is 1.85. The van der Waals surface area contributed by atoms with Gasteiger partial charge in [0.05, 0.1) is 10.7 Å². The molecule has 16 heavy (non-hydrogen) atoms. The predicted molar refractivity (Wildman–Crippen MR) is 69.1 cm³/mol. The molecule has 3 N–H and O–H groups in total. The van der Waals surface area contributed by atoms with Crippen LogP contribution >= 0.6 is 11.3 Å². The Kier molecular flexibility index (Phi) is 4.32. The second-order valence-corrected chi connectivity index (χ2v) is 5.77. The van der Waals surface area contributed by atoms with Gasteiger partial charge in [0.15, 0.2) is 0 Å². The zero-order valence-electron chi connectivity index (χ0n) is 9.96. The molecule has 3 nitrogen and oxygen atoms in total. The smallest absolute Gasteiger partial charge is 0.0931 e. The quantitative estimate of drug-likeness (QED) is 0.842. The molecule has 4 heteroatoms. The van der Waals surface area contributed by atoms with Crippen molar-refractivity contribution < 1.29 is 0 Å². The van der Waals surface area contributed by atoms with Crippen LogP contribution in [0.4, 0.5) is 0 Å². The number of hydrogen-bond donors (Lipinski definition) is 2. The number of thiazole rings is 1. The van der Waals surface area contributed by atoms with Crippen LogP contribution in [0, 0.1) is 6.92 Å². The molecule has 1 fully saturated rings. The van der Waals surface area contributed by atoms with Crippen LogP contribution in [-0.2, 0) is 6.42 Å². The lowest BCUT2D eigenvalue weighted by atomic mass is 9.96. The lowest BCUT2D eigenvalue weighted by molar-refractivity contribution is 0.454. The summed E-state index contributed by atoms with van der Waals surface area (Å²) in [6.45, 7) is 5.23. The molecule has 0 saturated carbocycles. The molecular formula is C12H21N3S. The van der Waals surface area contributed by atoms with Crippen LogP contribution in [0.25, 0.3) is 0 Å². The van der Waals surface area contributed by atoms with Gasteiger partial charge in [-0.15, -0.1) is 11.3 Å². The lowest BCUT2D eigenvalue weighted by Crippen LogP contribution is -2.28. The fourth-order valence-corrected chi connectivity index (χ4v) is 3.35. The van der Waals surface area contributed by atoms with Crippen molar-refractivity contribution in [3.8, 4) is 0 Å². The zero-order chi connectivity index (χ0) is 11.4. The van der Waals surface area contributed by atoms with Crippen molar-refractivity contribution in [3.63, 3.8) is 0 Å². The van der Waals surface area contributed by atoms with Crippen molar-refractivity contribution >= 4 is 11.3 Å². The van der Waals surface area contributed by atoms with Gasteiger partial charge in [-0.05, 0) is 39.3 Å². The second-order valence-electron chi connectivity index (χ2n) is 4.48. The fraction of sp³-hybridized carbons (Fsp3) is 0.750. The first-order valence-electron chi connectivity index (χ1n) is 6.18. The molecule has 1 aliphatic heterocycles. The number of piperidine rings is 1. The van der Waals surface area contributed by atoms with Crippen LogP contribution in [-0.4, -0.2) is 24.6 Å². The molecular weight excluding hydrogens is 218 g/mol. The number of nitrogens with zero attached hydrogens (tertiary/aromatic N) is 1. The van der Waals surface area contributed by atoms with Gasteiger partial charge >= 0.3 is 0 Å². The number of nitrogens with two attached hydrogens (primary N) is 1. The van der Waals surface area contributed by atoms with Crippen molar-refractivity contribution in [1.82, 2.24) is 10.3 Å². The van der Waals surface area contributed by atoms with E-state index in [-0.39, 0.29) is 0 Å². The Morgan fingerprint density at radius 1 is 1.56 bits per heavy atom. The van der Waals surface area contributed by atoms with Crippen LogP contribution in [0.3, 0.4) is 0 Å². The zero-order valence-corrected chi connectivity index (χ0v) is 10.8. The van der Waals surface area contributed by atoms with E-state index in [2.05, 4.69) is 12.2 Å². The molecule has 90 valence electrons. The summed E-state index contributed by atoms with van der Waals surface area (Å²) in [7, 11) is 0. The maximum Gasteiger partial charge on any atom is 0.0931 e. The SMILES string of the molecule is Cc1sc(CCCN)nc1C1CCCNC1. The number of hydrogen-bond acceptors (Lipinski definition) is 4. The molecule has 0 radical (unpaired) electrons. The largest absolute Gasteiger partial charge is 0.330 e. The molecule has 0 amide bonds. The molecule has 2 rings (SSSR count). The van der Waals surface area contributed by atoms with E-state index in [0.717, 1.165) is 25.9 Å². The highest BCUT2D eigenvalue weighted by molar-refractivity contribution is 7.11. The van der Waals surface area contributed by atoms with Gasteiger partial charge < -0.3 is 11.1 Å². The molecule has 1 aliphatic rings. The van der Waals surface area contributed by atoms with Gasteiger partial charge in [-0.2, -0.15) is 0 Å². The van der Waals surface area contributed by atoms with Crippen molar-refractivity contribution in [2.75, 3.05) is 19.6 Å². The number of nitrogens with one attached hydrogen (secondary N) is 1. The molecule has 1 aromatic heterocycles. The van der Waals surface area contributed by atoms with Crippen LogP contribution in [0.1, 0.15) is 40.8 Å². The predicted octanol–water partition coefficient (Wildman–Crippen LogP) is 1.81. The molecule has 0 spiro atoms. The van der Waals surface area contributed by atoms with Crippen molar-refractivity contribution in [1.29, 1.82) is 0 Å². The van der Waals surface area contributed by atoms with Gasteiger partial charge in [-0.25, -0.2) is 4.98 Å². The lowest BCUT2D eigenvalue weighted by Gasteiger charge is -2.21. The first kappa shape index (κ1) is 12.0. The van der Waals surface area contributed by atoms with E-state index in [0.29, 0.717) is 5.92 Å². The van der Waals surface area contributed by atoms with Crippen LogP contribution in [0.2, 0.25) is 0 Å². The standard InChI is InChI=1S/C12H21N3S/c1-9-12(10-4-3-7-14-8-10)15-11(16-9)5-2-6-13/h10,14H,2-8,13H2,1H3. The van der Waals surface area contributed by atoms with Gasteiger partial charge in [0.2, 0.25) is 0 Å². The molecule has 0 aliphatic carbocycles. The minimum Gasteiger partial charge on any atom is -0.330 e. The molecule has 1 aromatic rings. The highest BCUT2D eigenvalue weighted by Crippen LogP contribution is 2.29. The topological polar surface area (TPSA) is 50.9 Å². The monoisotopic (exact) mass is 239 g/mol. The molecule has 1 saturated heterocycles. The number of aryl methyl sites for hydroxylation is 2. The summed E-state index contributed by atoms with van der Waals surface area (Å²) in [4.78, 5) is 6.20. The van der Waals surface area contributed by atoms with Gasteiger partial charge in [-0.1, -0.05) is 0 Å². The Labute approximate surface area is 101 Å². The molecule has 0 bridgehead atoms. The summed E-state index contributed by atoms with van der Waals surface area (Å²) in [5.74, 6) is 0.636. The van der Waals surface area contributed by atoms with Crippen molar-refractivity contribution in [3.05, 3.63) is 15.6 Å².